The Kier molecular flexibility index (Phi) is 20.4. The summed E-state index contributed by atoms with van der Waals surface area (Å²) in [4.78, 5) is 0. The summed E-state index contributed by atoms with van der Waals surface area (Å²) in [5.41, 5.74) is 4.23. The SMILES string of the molecule is C1CCC(P(C2CCCCC2)C2CCCCC2)CC1.[CH-]=C1C=C(OC(C)C)C=C(OC(C)C)[CH+]1.[Cl-].[Cl-].[HH].[Ru+3]. The zero-order valence-electron chi connectivity index (χ0n) is 23.7. The smallest absolute Gasteiger partial charge is 1.00 e. The Balaban J connectivity index is 0. The van der Waals surface area contributed by atoms with Gasteiger partial charge < -0.3 is 34.3 Å². The average Bonchev–Trinajstić information content (AvgIpc) is 2.81. The Morgan fingerprint density at radius 1 is 0.703 bits per heavy atom. The molecule has 3 saturated carbocycles. The van der Waals surface area contributed by atoms with Crippen LogP contribution in [0.4, 0.5) is 0 Å². The molecular formula is C31H53Cl2O2PRu+. The van der Waals surface area contributed by atoms with Crippen LogP contribution in [-0.2, 0) is 29.0 Å². The van der Waals surface area contributed by atoms with Crippen molar-refractivity contribution in [2.24, 2.45) is 0 Å². The molecule has 0 bridgehead atoms. The second-order valence-corrected chi connectivity index (χ2v) is 14.5. The largest absolute Gasteiger partial charge is 3.00 e. The number of hydrogen-bond acceptors (Lipinski definition) is 2. The first-order valence-corrected chi connectivity index (χ1v) is 16.0. The first-order chi connectivity index (χ1) is 16.4. The Morgan fingerprint density at radius 2 is 1.08 bits per heavy atom. The third kappa shape index (κ3) is 13.5. The molecule has 37 heavy (non-hydrogen) atoms. The fourth-order valence-corrected chi connectivity index (χ4v) is 11.0. The van der Waals surface area contributed by atoms with Crippen molar-refractivity contribution in [3.05, 3.63) is 42.2 Å². The maximum atomic E-state index is 5.75. The molecule has 1 radical (unpaired) electrons. The van der Waals surface area contributed by atoms with Gasteiger partial charge in [0.05, 0.1) is 12.2 Å². The van der Waals surface area contributed by atoms with E-state index in [4.69, 9.17) is 16.1 Å². The van der Waals surface area contributed by atoms with Crippen molar-refractivity contribution in [3.63, 3.8) is 0 Å². The molecule has 0 spiro atoms. The van der Waals surface area contributed by atoms with Crippen LogP contribution < -0.4 is 24.8 Å². The minimum Gasteiger partial charge on any atom is -1.00 e. The van der Waals surface area contributed by atoms with Crippen LogP contribution in [0.15, 0.2) is 29.2 Å². The molecule has 4 aliphatic carbocycles. The van der Waals surface area contributed by atoms with Gasteiger partial charge in [0.25, 0.3) is 0 Å². The summed E-state index contributed by atoms with van der Waals surface area (Å²) in [6, 6.07) is 0. The summed E-state index contributed by atoms with van der Waals surface area (Å²) in [5.74, 6) is 1.50. The summed E-state index contributed by atoms with van der Waals surface area (Å²) in [6.07, 6.45) is 29.4. The molecule has 0 atom stereocenters. The number of rotatable bonds is 7. The summed E-state index contributed by atoms with van der Waals surface area (Å²) >= 11 is 0. The summed E-state index contributed by atoms with van der Waals surface area (Å²) < 4.78 is 11.1. The number of ether oxygens (including phenoxy) is 2. The van der Waals surface area contributed by atoms with Crippen molar-refractivity contribution in [1.29, 1.82) is 0 Å². The van der Waals surface area contributed by atoms with Crippen LogP contribution in [-0.4, -0.2) is 29.2 Å². The van der Waals surface area contributed by atoms with Crippen molar-refractivity contribution < 1.29 is 55.2 Å². The van der Waals surface area contributed by atoms with E-state index in [0.29, 0.717) is 13.5 Å². The predicted octanol–water partition coefficient (Wildman–Crippen LogP) is 3.90. The van der Waals surface area contributed by atoms with Gasteiger partial charge in [0, 0.05) is 7.50 Å². The van der Waals surface area contributed by atoms with E-state index in [-0.39, 0.29) is 57.9 Å². The van der Waals surface area contributed by atoms with Crippen molar-refractivity contribution in [1.82, 2.24) is 0 Å². The summed E-state index contributed by atoms with van der Waals surface area (Å²) in [5, 5.41) is 0. The van der Waals surface area contributed by atoms with E-state index in [0.717, 1.165) is 11.5 Å². The fraction of sp³-hybridized carbons (Fsp3) is 0.774. The first-order valence-electron chi connectivity index (χ1n) is 14.4. The molecule has 215 valence electrons. The molecule has 2 nitrogen and oxygen atoms in total. The van der Waals surface area contributed by atoms with Crippen LogP contribution in [0.3, 0.4) is 0 Å². The van der Waals surface area contributed by atoms with Gasteiger partial charge >= 0.3 is 19.5 Å². The van der Waals surface area contributed by atoms with E-state index < -0.39 is 0 Å². The van der Waals surface area contributed by atoms with Crippen LogP contribution >= 0.6 is 7.92 Å². The minimum absolute atomic E-state index is 0. The molecule has 6 heteroatoms. The van der Waals surface area contributed by atoms with E-state index in [1.807, 2.05) is 33.8 Å². The molecular weight excluding hydrogens is 607 g/mol. The van der Waals surface area contributed by atoms with E-state index in [9.17, 15) is 0 Å². The zero-order valence-corrected chi connectivity index (χ0v) is 27.8. The van der Waals surface area contributed by atoms with E-state index >= 15 is 0 Å². The monoisotopic (exact) mass is 660 g/mol. The van der Waals surface area contributed by atoms with Crippen molar-refractivity contribution in [2.45, 2.75) is 153 Å². The van der Waals surface area contributed by atoms with Gasteiger partial charge in [-0.25, -0.2) is 0 Å². The summed E-state index contributed by atoms with van der Waals surface area (Å²) in [7, 11) is 0.385. The fourth-order valence-electron chi connectivity index (χ4n) is 6.31. The second kappa shape index (κ2) is 20.2. The van der Waals surface area contributed by atoms with Gasteiger partial charge in [0.1, 0.15) is 11.5 Å². The molecule has 0 aromatic heterocycles. The summed E-state index contributed by atoms with van der Waals surface area (Å²) in [6.45, 7) is 13.7. The van der Waals surface area contributed by atoms with Crippen LogP contribution in [0.1, 0.15) is 125 Å². The maximum absolute atomic E-state index is 5.75. The van der Waals surface area contributed by atoms with Gasteiger partial charge in [0.15, 0.2) is 0 Å². The normalized spacial score (nSPS) is 21.3. The predicted molar refractivity (Wildman–Crippen MR) is 150 cm³/mol. The van der Waals surface area contributed by atoms with Gasteiger partial charge in [-0.05, 0) is 101 Å². The van der Waals surface area contributed by atoms with Crippen LogP contribution in [0.25, 0.3) is 0 Å². The Hall–Kier alpha value is 0.323. The van der Waals surface area contributed by atoms with Crippen LogP contribution in [0.5, 0.6) is 0 Å². The molecule has 4 rings (SSSR count). The van der Waals surface area contributed by atoms with Crippen molar-refractivity contribution >= 4 is 7.92 Å². The molecule has 0 saturated heterocycles. The maximum Gasteiger partial charge on any atom is 3.00 e. The molecule has 0 aromatic rings. The van der Waals surface area contributed by atoms with Gasteiger partial charge in [-0.1, -0.05) is 72.3 Å². The Bertz CT molecular complexity index is 641. The zero-order chi connectivity index (χ0) is 24.3. The van der Waals surface area contributed by atoms with Gasteiger partial charge in [-0.3, -0.25) is 0 Å². The number of halogens is 2. The molecule has 4 aliphatic rings. The Labute approximate surface area is 257 Å². The third-order valence-electron chi connectivity index (χ3n) is 7.63. The van der Waals surface area contributed by atoms with E-state index in [1.165, 1.54) is 36.2 Å². The molecule has 3 fully saturated rings. The molecule has 0 aromatic carbocycles. The van der Waals surface area contributed by atoms with E-state index in [1.54, 1.807) is 89.5 Å². The molecule has 0 N–H and O–H groups in total. The van der Waals surface area contributed by atoms with Gasteiger partial charge in [-0.2, -0.15) is 0 Å². The molecule has 0 heterocycles. The van der Waals surface area contributed by atoms with E-state index in [2.05, 4.69) is 0 Å². The Morgan fingerprint density at radius 3 is 1.43 bits per heavy atom. The molecule has 0 amide bonds. The molecule has 0 unspecified atom stereocenters. The van der Waals surface area contributed by atoms with Crippen molar-refractivity contribution in [2.75, 3.05) is 0 Å². The second-order valence-electron chi connectivity index (χ2n) is 11.4. The van der Waals surface area contributed by atoms with Crippen LogP contribution in [0.2, 0.25) is 0 Å². The van der Waals surface area contributed by atoms with Crippen LogP contribution in [0, 0.1) is 13.0 Å². The average molecular weight is 661 g/mol. The third-order valence-corrected chi connectivity index (χ3v) is 11.7. The van der Waals surface area contributed by atoms with Crippen molar-refractivity contribution in [3.8, 4) is 0 Å². The van der Waals surface area contributed by atoms with Gasteiger partial charge in [-0.15, -0.1) is 0 Å². The topological polar surface area (TPSA) is 18.5 Å². The van der Waals surface area contributed by atoms with Gasteiger partial charge in [0.2, 0.25) is 0 Å². The quantitative estimate of drug-likeness (QED) is 0.235. The molecule has 0 aliphatic heterocycles. The minimum atomic E-state index is 0. The first kappa shape index (κ1) is 37.3. The number of allylic oxidation sites excluding steroid dienone is 3. The standard InChI is InChI=1S/C18H33P.C13H18O2.2ClH.Ru.H2/c1-4-10-16(11-5-1)19(17-12-6-2-7-13-17)18-14-8-3-9-15-18;1-9(2)14-12-6-11(5)7-13(8-12)15-10(3)4;;;;/h16-18H,1-15H2;5-10H,1-4H3;2*1H;;1H/q;;;;+3;/p-2. The number of hydrogen-bond donors (Lipinski definition) is 0.